The van der Waals surface area contributed by atoms with Crippen LogP contribution in [0.25, 0.3) is 11.3 Å². The molecule has 0 radical (unpaired) electrons. The first kappa shape index (κ1) is 7.86. The fraction of sp³-hybridized carbons (Fsp3) is 0.100. The van der Waals surface area contributed by atoms with Crippen LogP contribution in [-0.4, -0.2) is 17.1 Å². The van der Waals surface area contributed by atoms with E-state index in [0.29, 0.717) is 0 Å². The summed E-state index contributed by atoms with van der Waals surface area (Å²) in [4.78, 5) is 7.07. The van der Waals surface area contributed by atoms with Crippen molar-refractivity contribution in [2.75, 3.05) is 7.11 Å². The molecule has 0 amide bonds. The molecule has 0 spiro atoms. The van der Waals surface area contributed by atoms with Gasteiger partial charge in [0.05, 0.1) is 19.1 Å². The van der Waals surface area contributed by atoms with Crippen molar-refractivity contribution in [2.45, 2.75) is 0 Å². The number of ether oxygens (including phenoxy) is 1. The second-order valence-electron chi connectivity index (χ2n) is 2.65. The standard InChI is InChI=1S/C10H10N2O/c1-13-10-5-3-2-4-8(10)9-6-11-7-12-9/h2-7H,1H3,(H,11,12). The molecule has 0 aliphatic carbocycles. The van der Waals surface area contributed by atoms with Gasteiger partial charge in [0.1, 0.15) is 5.75 Å². The highest BCUT2D eigenvalue weighted by molar-refractivity contribution is 5.66. The first-order valence-electron chi connectivity index (χ1n) is 4.04. The number of methoxy groups -OCH3 is 1. The minimum Gasteiger partial charge on any atom is -0.496 e. The quantitative estimate of drug-likeness (QED) is 0.756. The van der Waals surface area contributed by atoms with Crippen LogP contribution in [0.4, 0.5) is 0 Å². The number of nitrogens with one attached hydrogen (secondary N) is 1. The molecule has 2 aromatic rings. The average molecular weight is 174 g/mol. The van der Waals surface area contributed by atoms with Crippen LogP contribution < -0.4 is 4.74 Å². The van der Waals surface area contributed by atoms with E-state index >= 15 is 0 Å². The lowest BCUT2D eigenvalue weighted by molar-refractivity contribution is 0.416. The molecule has 13 heavy (non-hydrogen) atoms. The molecule has 1 aromatic heterocycles. The maximum absolute atomic E-state index is 5.22. The summed E-state index contributed by atoms with van der Waals surface area (Å²) in [6.07, 6.45) is 3.50. The van der Waals surface area contributed by atoms with Gasteiger partial charge in [0.2, 0.25) is 0 Å². The fourth-order valence-corrected chi connectivity index (χ4v) is 1.26. The molecule has 0 atom stereocenters. The first-order valence-corrected chi connectivity index (χ1v) is 4.04. The monoisotopic (exact) mass is 174 g/mol. The topological polar surface area (TPSA) is 37.9 Å². The summed E-state index contributed by atoms with van der Waals surface area (Å²) in [5.41, 5.74) is 1.91. The summed E-state index contributed by atoms with van der Waals surface area (Å²) in [6.45, 7) is 0. The van der Waals surface area contributed by atoms with E-state index in [1.54, 1.807) is 13.4 Å². The third kappa shape index (κ3) is 1.40. The second-order valence-corrected chi connectivity index (χ2v) is 2.65. The van der Waals surface area contributed by atoms with Crippen molar-refractivity contribution in [3.05, 3.63) is 36.8 Å². The van der Waals surface area contributed by atoms with Gasteiger partial charge in [0.25, 0.3) is 0 Å². The van der Waals surface area contributed by atoms with Crippen molar-refractivity contribution in [1.82, 2.24) is 9.97 Å². The van der Waals surface area contributed by atoms with Gasteiger partial charge in [-0.2, -0.15) is 0 Å². The Hall–Kier alpha value is -1.77. The van der Waals surface area contributed by atoms with Gasteiger partial charge in [-0.25, -0.2) is 4.98 Å². The Balaban J connectivity index is 2.51. The summed E-state index contributed by atoms with van der Waals surface area (Å²) in [6, 6.07) is 7.81. The van der Waals surface area contributed by atoms with Crippen LogP contribution in [0.3, 0.4) is 0 Å². The van der Waals surface area contributed by atoms with Crippen molar-refractivity contribution < 1.29 is 4.74 Å². The van der Waals surface area contributed by atoms with Gasteiger partial charge in [0, 0.05) is 11.8 Å². The van der Waals surface area contributed by atoms with E-state index in [-0.39, 0.29) is 0 Å². The lowest BCUT2D eigenvalue weighted by atomic mass is 10.1. The lowest BCUT2D eigenvalue weighted by Gasteiger charge is -2.04. The summed E-state index contributed by atoms with van der Waals surface area (Å²) >= 11 is 0. The number of H-pyrrole nitrogens is 1. The Labute approximate surface area is 76.4 Å². The maximum atomic E-state index is 5.22. The van der Waals surface area contributed by atoms with Crippen molar-refractivity contribution in [1.29, 1.82) is 0 Å². The number of nitrogens with zero attached hydrogens (tertiary/aromatic N) is 1. The van der Waals surface area contributed by atoms with E-state index in [1.165, 1.54) is 0 Å². The Morgan fingerprint density at radius 1 is 1.31 bits per heavy atom. The van der Waals surface area contributed by atoms with E-state index in [0.717, 1.165) is 17.0 Å². The molecule has 0 unspecified atom stereocenters. The molecule has 3 heteroatoms. The van der Waals surface area contributed by atoms with Crippen LogP contribution in [0.1, 0.15) is 0 Å². The van der Waals surface area contributed by atoms with Gasteiger partial charge < -0.3 is 9.72 Å². The van der Waals surface area contributed by atoms with Crippen molar-refractivity contribution >= 4 is 0 Å². The third-order valence-electron chi connectivity index (χ3n) is 1.88. The molecular formula is C10H10N2O. The summed E-state index contributed by atoms with van der Waals surface area (Å²) in [5, 5.41) is 0. The van der Waals surface area contributed by atoms with E-state index in [1.807, 2.05) is 30.5 Å². The van der Waals surface area contributed by atoms with Crippen LogP contribution in [0.2, 0.25) is 0 Å². The molecular weight excluding hydrogens is 164 g/mol. The van der Waals surface area contributed by atoms with E-state index < -0.39 is 0 Å². The number of hydrogen-bond donors (Lipinski definition) is 1. The predicted octanol–water partition coefficient (Wildman–Crippen LogP) is 2.09. The largest absolute Gasteiger partial charge is 0.496 e. The van der Waals surface area contributed by atoms with Crippen LogP contribution in [0.5, 0.6) is 5.75 Å². The number of hydrogen-bond acceptors (Lipinski definition) is 2. The molecule has 0 saturated heterocycles. The molecule has 0 aliphatic rings. The molecule has 1 aromatic carbocycles. The molecule has 1 heterocycles. The van der Waals surface area contributed by atoms with Crippen LogP contribution in [0.15, 0.2) is 36.8 Å². The number of aromatic nitrogens is 2. The van der Waals surface area contributed by atoms with Crippen LogP contribution in [-0.2, 0) is 0 Å². The molecule has 1 N–H and O–H groups in total. The lowest BCUT2D eigenvalue weighted by Crippen LogP contribution is -1.86. The molecule has 0 saturated carbocycles. The Kier molecular flexibility index (Phi) is 2.00. The Morgan fingerprint density at radius 3 is 2.85 bits per heavy atom. The number of imidazole rings is 1. The average Bonchev–Trinajstić information content (AvgIpc) is 2.70. The van der Waals surface area contributed by atoms with E-state index in [4.69, 9.17) is 4.74 Å². The van der Waals surface area contributed by atoms with Gasteiger partial charge >= 0.3 is 0 Å². The predicted molar refractivity (Wildman–Crippen MR) is 50.6 cm³/mol. The molecule has 2 rings (SSSR count). The van der Waals surface area contributed by atoms with Crippen molar-refractivity contribution in [2.24, 2.45) is 0 Å². The molecule has 0 aliphatic heterocycles. The van der Waals surface area contributed by atoms with E-state index in [2.05, 4.69) is 9.97 Å². The molecule has 66 valence electrons. The van der Waals surface area contributed by atoms with Crippen molar-refractivity contribution in [3.63, 3.8) is 0 Å². The molecule has 3 nitrogen and oxygen atoms in total. The Morgan fingerprint density at radius 2 is 2.15 bits per heavy atom. The maximum Gasteiger partial charge on any atom is 0.128 e. The fourth-order valence-electron chi connectivity index (χ4n) is 1.26. The third-order valence-corrected chi connectivity index (χ3v) is 1.88. The molecule has 0 fully saturated rings. The highest BCUT2D eigenvalue weighted by Crippen LogP contribution is 2.26. The van der Waals surface area contributed by atoms with Gasteiger partial charge in [-0.15, -0.1) is 0 Å². The zero-order valence-electron chi connectivity index (χ0n) is 7.32. The Bertz CT molecular complexity index is 382. The van der Waals surface area contributed by atoms with Gasteiger partial charge in [-0.05, 0) is 12.1 Å². The number of para-hydroxylation sites is 1. The van der Waals surface area contributed by atoms with Gasteiger partial charge in [0.15, 0.2) is 0 Å². The van der Waals surface area contributed by atoms with Crippen LogP contribution >= 0.6 is 0 Å². The number of rotatable bonds is 2. The highest BCUT2D eigenvalue weighted by atomic mass is 16.5. The zero-order chi connectivity index (χ0) is 9.10. The first-order chi connectivity index (χ1) is 6.42. The normalized spacial score (nSPS) is 9.92. The van der Waals surface area contributed by atoms with E-state index in [9.17, 15) is 0 Å². The van der Waals surface area contributed by atoms with Gasteiger partial charge in [-0.1, -0.05) is 12.1 Å². The van der Waals surface area contributed by atoms with Crippen molar-refractivity contribution in [3.8, 4) is 17.0 Å². The SMILES string of the molecule is COc1ccccc1-c1c[nH]cn1. The zero-order valence-corrected chi connectivity index (χ0v) is 7.32. The second kappa shape index (κ2) is 3.31. The minimum absolute atomic E-state index is 0.842. The van der Waals surface area contributed by atoms with Crippen LogP contribution in [0, 0.1) is 0 Å². The van der Waals surface area contributed by atoms with Gasteiger partial charge in [-0.3, -0.25) is 0 Å². The summed E-state index contributed by atoms with van der Waals surface area (Å²) in [5.74, 6) is 0.842. The molecule has 0 bridgehead atoms. The smallest absolute Gasteiger partial charge is 0.128 e. The summed E-state index contributed by atoms with van der Waals surface area (Å²) < 4.78 is 5.22. The highest BCUT2D eigenvalue weighted by Gasteiger charge is 2.04. The number of aromatic amines is 1. The number of benzene rings is 1. The summed E-state index contributed by atoms with van der Waals surface area (Å²) in [7, 11) is 1.66. The minimum atomic E-state index is 0.842.